The number of aryl methyl sites for hydroxylation is 2. The van der Waals surface area contributed by atoms with E-state index in [2.05, 4.69) is 15.5 Å². The molecular formula is C23H26N6O3S. The highest BCUT2D eigenvalue weighted by atomic mass is 32.2. The maximum Gasteiger partial charge on any atom is 0.328 e. The van der Waals surface area contributed by atoms with Gasteiger partial charge in [0.25, 0.3) is 0 Å². The molecule has 0 fully saturated rings. The van der Waals surface area contributed by atoms with Gasteiger partial charge in [0.2, 0.25) is 5.91 Å². The summed E-state index contributed by atoms with van der Waals surface area (Å²) in [6.07, 6.45) is -0.285. The first kappa shape index (κ1) is 22.7. The van der Waals surface area contributed by atoms with E-state index in [1.807, 2.05) is 54.8 Å². The van der Waals surface area contributed by atoms with Crippen LogP contribution in [0.3, 0.4) is 0 Å². The van der Waals surface area contributed by atoms with Crippen LogP contribution in [0.5, 0.6) is 5.75 Å². The molecule has 172 valence electrons. The lowest BCUT2D eigenvalue weighted by Crippen LogP contribution is -2.19. The third-order valence-corrected chi connectivity index (χ3v) is 6.34. The predicted molar refractivity (Wildman–Crippen MR) is 129 cm³/mol. The maximum atomic E-state index is 12.6. The zero-order valence-electron chi connectivity index (χ0n) is 19.0. The van der Waals surface area contributed by atoms with E-state index in [9.17, 15) is 9.59 Å². The number of hydrogen-bond acceptors (Lipinski definition) is 6. The lowest BCUT2D eigenvalue weighted by Gasteiger charge is -2.15. The summed E-state index contributed by atoms with van der Waals surface area (Å²) in [5, 5.41) is 12.1. The second kappa shape index (κ2) is 9.53. The number of ether oxygens (including phenoxy) is 1. The monoisotopic (exact) mass is 466 g/mol. The van der Waals surface area contributed by atoms with Gasteiger partial charge in [0.05, 0.1) is 16.8 Å². The van der Waals surface area contributed by atoms with Crippen LogP contribution in [-0.2, 0) is 25.4 Å². The van der Waals surface area contributed by atoms with Crippen LogP contribution in [-0.4, -0.2) is 35.6 Å². The molecule has 10 heteroatoms. The average Bonchev–Trinajstić information content (AvgIpc) is 3.33. The van der Waals surface area contributed by atoms with Crippen molar-refractivity contribution >= 4 is 34.4 Å². The number of rotatable bonds is 8. The number of carbonyl (C=O) groups is 1. The number of anilines is 1. The van der Waals surface area contributed by atoms with E-state index in [4.69, 9.17) is 4.74 Å². The molecule has 1 amide bonds. The van der Waals surface area contributed by atoms with Crippen molar-refractivity contribution in [3.05, 3.63) is 64.8 Å². The SMILES string of the molecule is CCn1c(SCC(=O)Nc2ccc3c(c2)n(C)c(=O)n3C)nnc1[C@H](C)Oc1ccccc1. The fourth-order valence-electron chi connectivity index (χ4n) is 3.67. The predicted octanol–water partition coefficient (Wildman–Crippen LogP) is 3.36. The normalized spacial score (nSPS) is 12.1. The van der Waals surface area contributed by atoms with Crippen LogP contribution >= 0.6 is 11.8 Å². The zero-order valence-corrected chi connectivity index (χ0v) is 19.8. The Labute approximate surface area is 195 Å². The lowest BCUT2D eigenvalue weighted by molar-refractivity contribution is -0.113. The zero-order chi connectivity index (χ0) is 23.5. The van der Waals surface area contributed by atoms with E-state index in [-0.39, 0.29) is 23.5 Å². The average molecular weight is 467 g/mol. The van der Waals surface area contributed by atoms with E-state index in [0.29, 0.717) is 23.2 Å². The van der Waals surface area contributed by atoms with E-state index in [0.717, 1.165) is 16.8 Å². The Bertz CT molecular complexity index is 1340. The number of amides is 1. The highest BCUT2D eigenvalue weighted by Crippen LogP contribution is 2.25. The number of carbonyl (C=O) groups excluding carboxylic acids is 1. The van der Waals surface area contributed by atoms with Gasteiger partial charge in [-0.3, -0.25) is 13.9 Å². The van der Waals surface area contributed by atoms with E-state index < -0.39 is 0 Å². The van der Waals surface area contributed by atoms with Gasteiger partial charge in [-0.15, -0.1) is 10.2 Å². The van der Waals surface area contributed by atoms with Gasteiger partial charge in [-0.25, -0.2) is 4.79 Å². The molecule has 2 aromatic heterocycles. The van der Waals surface area contributed by atoms with Gasteiger partial charge in [-0.2, -0.15) is 0 Å². The molecule has 4 aromatic rings. The van der Waals surface area contributed by atoms with Crippen LogP contribution < -0.4 is 15.7 Å². The summed E-state index contributed by atoms with van der Waals surface area (Å²) in [6, 6.07) is 15.0. The molecule has 0 radical (unpaired) electrons. The minimum atomic E-state index is -0.285. The largest absolute Gasteiger partial charge is 0.483 e. The van der Waals surface area contributed by atoms with Crippen molar-refractivity contribution in [1.82, 2.24) is 23.9 Å². The topological polar surface area (TPSA) is 96.0 Å². The molecule has 0 bridgehead atoms. The highest BCUT2D eigenvalue weighted by molar-refractivity contribution is 7.99. The molecule has 33 heavy (non-hydrogen) atoms. The number of thioether (sulfide) groups is 1. The Hall–Kier alpha value is -3.53. The molecule has 0 saturated heterocycles. The fraction of sp³-hybridized carbons (Fsp3) is 0.304. The number of fused-ring (bicyclic) bond motifs is 1. The van der Waals surface area contributed by atoms with Gasteiger partial charge < -0.3 is 14.6 Å². The first-order valence-corrected chi connectivity index (χ1v) is 11.6. The third kappa shape index (κ3) is 4.65. The van der Waals surface area contributed by atoms with E-state index in [1.54, 1.807) is 35.4 Å². The molecule has 4 rings (SSSR count). The maximum absolute atomic E-state index is 12.6. The molecule has 0 unspecified atom stereocenters. The van der Waals surface area contributed by atoms with Gasteiger partial charge in [-0.05, 0) is 44.2 Å². The summed E-state index contributed by atoms with van der Waals surface area (Å²) in [4.78, 5) is 24.7. The molecule has 1 N–H and O–H groups in total. The molecule has 0 spiro atoms. The fourth-order valence-corrected chi connectivity index (χ4v) is 4.48. The van der Waals surface area contributed by atoms with Crippen molar-refractivity contribution in [2.24, 2.45) is 14.1 Å². The second-order valence-corrected chi connectivity index (χ2v) is 8.54. The Balaban J connectivity index is 1.42. The number of hydrogen-bond donors (Lipinski definition) is 1. The standard InChI is InChI=1S/C23H26N6O3S/c1-5-29-21(15(2)32-17-9-7-6-8-10-17)25-26-22(29)33-14-20(30)24-16-11-12-18-19(13-16)28(4)23(31)27(18)3/h6-13,15H,5,14H2,1-4H3,(H,24,30)/t15-/m0/s1. The molecular weight excluding hydrogens is 440 g/mol. The van der Waals surface area contributed by atoms with Crippen molar-refractivity contribution in [3.63, 3.8) is 0 Å². The van der Waals surface area contributed by atoms with Gasteiger partial charge in [0, 0.05) is 26.3 Å². The molecule has 2 aromatic carbocycles. The van der Waals surface area contributed by atoms with Crippen molar-refractivity contribution in [1.29, 1.82) is 0 Å². The Morgan fingerprint density at radius 3 is 2.55 bits per heavy atom. The van der Waals surface area contributed by atoms with Gasteiger partial charge in [-0.1, -0.05) is 30.0 Å². The molecule has 9 nitrogen and oxygen atoms in total. The van der Waals surface area contributed by atoms with Gasteiger partial charge in [0.15, 0.2) is 17.1 Å². The third-order valence-electron chi connectivity index (χ3n) is 5.37. The van der Waals surface area contributed by atoms with Crippen molar-refractivity contribution < 1.29 is 9.53 Å². The summed E-state index contributed by atoms with van der Waals surface area (Å²) in [5.41, 5.74) is 2.10. The minimum absolute atomic E-state index is 0.107. The number of nitrogens with zero attached hydrogens (tertiary/aromatic N) is 5. The first-order chi connectivity index (χ1) is 15.9. The van der Waals surface area contributed by atoms with Crippen LogP contribution in [0.4, 0.5) is 5.69 Å². The number of para-hydroxylation sites is 1. The van der Waals surface area contributed by atoms with Crippen molar-refractivity contribution in [3.8, 4) is 5.75 Å². The van der Waals surface area contributed by atoms with Crippen LogP contribution in [0.15, 0.2) is 58.5 Å². The molecule has 2 heterocycles. The van der Waals surface area contributed by atoms with Gasteiger partial charge >= 0.3 is 5.69 Å². The highest BCUT2D eigenvalue weighted by Gasteiger charge is 2.19. The summed E-state index contributed by atoms with van der Waals surface area (Å²) in [7, 11) is 3.44. The van der Waals surface area contributed by atoms with Crippen molar-refractivity contribution in [2.45, 2.75) is 31.7 Å². The molecule has 1 atom stereocenters. The molecule has 0 aliphatic heterocycles. The minimum Gasteiger partial charge on any atom is -0.483 e. The van der Waals surface area contributed by atoms with Crippen LogP contribution in [0.1, 0.15) is 25.8 Å². The van der Waals surface area contributed by atoms with E-state index in [1.165, 1.54) is 11.8 Å². The molecule has 0 aliphatic carbocycles. The summed E-state index contributed by atoms with van der Waals surface area (Å²) in [5.74, 6) is 1.48. The Kier molecular flexibility index (Phi) is 6.55. The molecule has 0 aliphatic rings. The summed E-state index contributed by atoms with van der Waals surface area (Å²) in [6.45, 7) is 4.59. The smallest absolute Gasteiger partial charge is 0.328 e. The Morgan fingerprint density at radius 1 is 1.09 bits per heavy atom. The van der Waals surface area contributed by atoms with Crippen LogP contribution in [0, 0.1) is 0 Å². The Morgan fingerprint density at radius 2 is 1.82 bits per heavy atom. The quantitative estimate of drug-likeness (QED) is 0.400. The second-order valence-electron chi connectivity index (χ2n) is 7.60. The number of nitrogens with one attached hydrogen (secondary N) is 1. The number of benzene rings is 2. The summed E-state index contributed by atoms with van der Waals surface area (Å²) < 4.78 is 11.1. The number of imidazole rings is 1. The van der Waals surface area contributed by atoms with Crippen LogP contribution in [0.2, 0.25) is 0 Å². The van der Waals surface area contributed by atoms with Crippen molar-refractivity contribution in [2.75, 3.05) is 11.1 Å². The van der Waals surface area contributed by atoms with Crippen LogP contribution in [0.25, 0.3) is 11.0 Å². The van der Waals surface area contributed by atoms with E-state index >= 15 is 0 Å². The summed E-state index contributed by atoms with van der Waals surface area (Å²) >= 11 is 1.32. The van der Waals surface area contributed by atoms with Gasteiger partial charge in [0.1, 0.15) is 5.75 Å². The molecule has 0 saturated carbocycles. The lowest BCUT2D eigenvalue weighted by atomic mass is 10.2. The number of aromatic nitrogens is 5. The first-order valence-electron chi connectivity index (χ1n) is 10.6.